The Morgan fingerprint density at radius 2 is 1.93 bits per heavy atom. The van der Waals surface area contributed by atoms with Gasteiger partial charge in [0.05, 0.1) is 5.02 Å². The van der Waals surface area contributed by atoms with Crippen LogP contribution in [0.4, 0.5) is 0 Å². The second-order valence-corrected chi connectivity index (χ2v) is 3.82. The topological polar surface area (TPSA) is 33.1 Å². The molecule has 1 aromatic carbocycles. The van der Waals surface area contributed by atoms with Crippen molar-refractivity contribution in [3.63, 3.8) is 0 Å². The van der Waals surface area contributed by atoms with Crippen molar-refractivity contribution in [1.29, 1.82) is 0 Å². The molecule has 0 saturated carbocycles. The average Bonchev–Trinajstić information content (AvgIpc) is 2.22. The van der Waals surface area contributed by atoms with Crippen LogP contribution in [0, 0.1) is 6.92 Å². The zero-order valence-corrected chi connectivity index (χ0v) is 8.99. The van der Waals surface area contributed by atoms with E-state index >= 15 is 0 Å². The van der Waals surface area contributed by atoms with Gasteiger partial charge in [-0.1, -0.05) is 17.7 Å². The molecule has 0 atom stereocenters. The normalized spacial score (nSPS) is 10.3. The van der Waals surface area contributed by atoms with Crippen LogP contribution in [0.5, 0.6) is 5.75 Å². The highest BCUT2D eigenvalue weighted by atomic mass is 35.5. The minimum absolute atomic E-state index is 0.0982. The van der Waals surface area contributed by atoms with Crippen LogP contribution >= 0.6 is 11.6 Å². The van der Waals surface area contributed by atoms with Crippen LogP contribution in [-0.2, 0) is 0 Å². The lowest BCUT2D eigenvalue weighted by Crippen LogP contribution is -1.82. The summed E-state index contributed by atoms with van der Waals surface area (Å²) < 4.78 is 0. The van der Waals surface area contributed by atoms with Gasteiger partial charge in [0.2, 0.25) is 0 Å². The molecular formula is C12H10ClNO. The number of phenolic OH excluding ortho intramolecular Hbond substituents is 1. The zero-order valence-electron chi connectivity index (χ0n) is 8.24. The first kappa shape index (κ1) is 9.99. The summed E-state index contributed by atoms with van der Waals surface area (Å²) in [5.74, 6) is 0.0982. The molecule has 2 rings (SSSR count). The van der Waals surface area contributed by atoms with Crippen LogP contribution in [0.25, 0.3) is 11.1 Å². The summed E-state index contributed by atoms with van der Waals surface area (Å²) in [6.07, 6.45) is 3.57. The number of aryl methyl sites for hydroxylation is 1. The Labute approximate surface area is 93.2 Å². The van der Waals surface area contributed by atoms with Gasteiger partial charge in [-0.2, -0.15) is 0 Å². The number of nitrogens with zero attached hydrogens (tertiary/aromatic N) is 1. The average molecular weight is 220 g/mol. The number of aromatic hydroxyl groups is 1. The minimum atomic E-state index is 0.0982. The number of benzene rings is 1. The van der Waals surface area contributed by atoms with Crippen molar-refractivity contribution in [1.82, 2.24) is 4.98 Å². The first-order valence-electron chi connectivity index (χ1n) is 4.57. The molecule has 2 nitrogen and oxygen atoms in total. The number of rotatable bonds is 1. The van der Waals surface area contributed by atoms with E-state index < -0.39 is 0 Å². The van der Waals surface area contributed by atoms with Gasteiger partial charge in [0.1, 0.15) is 5.75 Å². The summed E-state index contributed by atoms with van der Waals surface area (Å²) in [7, 11) is 0. The van der Waals surface area contributed by atoms with Gasteiger partial charge in [0, 0.05) is 18.0 Å². The van der Waals surface area contributed by atoms with E-state index in [1.807, 2.05) is 19.1 Å². The van der Waals surface area contributed by atoms with Gasteiger partial charge in [-0.15, -0.1) is 0 Å². The molecule has 0 radical (unpaired) electrons. The van der Waals surface area contributed by atoms with Crippen LogP contribution in [0.2, 0.25) is 5.02 Å². The molecule has 15 heavy (non-hydrogen) atoms. The van der Waals surface area contributed by atoms with Gasteiger partial charge in [-0.25, -0.2) is 0 Å². The first-order chi connectivity index (χ1) is 7.16. The summed E-state index contributed by atoms with van der Waals surface area (Å²) in [6, 6.07) is 7.15. The van der Waals surface area contributed by atoms with Crippen molar-refractivity contribution in [2.75, 3.05) is 0 Å². The quantitative estimate of drug-likeness (QED) is 0.797. The number of aromatic nitrogens is 1. The summed E-state index contributed by atoms with van der Waals surface area (Å²) in [5.41, 5.74) is 3.04. The summed E-state index contributed by atoms with van der Waals surface area (Å²) in [4.78, 5) is 4.11. The third-order valence-corrected chi connectivity index (χ3v) is 2.46. The predicted molar refractivity (Wildman–Crippen MR) is 61.1 cm³/mol. The van der Waals surface area contributed by atoms with Gasteiger partial charge in [-0.05, 0) is 36.2 Å². The van der Waals surface area contributed by atoms with Gasteiger partial charge in [0.15, 0.2) is 0 Å². The molecule has 0 unspecified atom stereocenters. The van der Waals surface area contributed by atoms with E-state index in [9.17, 15) is 5.11 Å². The highest BCUT2D eigenvalue weighted by molar-refractivity contribution is 6.32. The largest absolute Gasteiger partial charge is 0.506 e. The second kappa shape index (κ2) is 3.91. The Kier molecular flexibility index (Phi) is 2.60. The molecule has 0 aliphatic rings. The van der Waals surface area contributed by atoms with Crippen molar-refractivity contribution >= 4 is 11.6 Å². The number of pyridine rings is 1. The summed E-state index contributed by atoms with van der Waals surface area (Å²) in [6.45, 7) is 1.98. The number of halogens is 1. The highest BCUT2D eigenvalue weighted by Crippen LogP contribution is 2.29. The van der Waals surface area contributed by atoms with Gasteiger partial charge in [0.25, 0.3) is 0 Å². The van der Waals surface area contributed by atoms with Crippen molar-refractivity contribution in [2.45, 2.75) is 6.92 Å². The Hall–Kier alpha value is -1.54. The van der Waals surface area contributed by atoms with Crippen LogP contribution in [0.3, 0.4) is 0 Å². The molecule has 1 aromatic heterocycles. The number of phenols is 1. The molecule has 76 valence electrons. The predicted octanol–water partition coefficient (Wildman–Crippen LogP) is 3.42. The van der Waals surface area contributed by atoms with Crippen LogP contribution < -0.4 is 0 Å². The summed E-state index contributed by atoms with van der Waals surface area (Å²) >= 11 is 5.83. The molecule has 0 amide bonds. The molecule has 0 fully saturated rings. The Morgan fingerprint density at radius 3 is 2.60 bits per heavy atom. The standard InChI is InChI=1S/C12H10ClNO/c1-8-4-10(7-14-6-8)9-2-3-12(15)11(13)5-9/h2-7,15H,1H3. The number of hydrogen-bond donors (Lipinski definition) is 1. The fourth-order valence-corrected chi connectivity index (χ4v) is 1.58. The van der Waals surface area contributed by atoms with Crippen LogP contribution in [0.1, 0.15) is 5.56 Å². The fourth-order valence-electron chi connectivity index (χ4n) is 1.40. The smallest absolute Gasteiger partial charge is 0.134 e. The monoisotopic (exact) mass is 219 g/mol. The Bertz CT molecular complexity index is 497. The van der Waals surface area contributed by atoms with E-state index in [4.69, 9.17) is 11.6 Å². The maximum absolute atomic E-state index is 9.30. The second-order valence-electron chi connectivity index (χ2n) is 3.42. The van der Waals surface area contributed by atoms with Crippen molar-refractivity contribution in [2.24, 2.45) is 0 Å². The first-order valence-corrected chi connectivity index (χ1v) is 4.95. The molecule has 0 aliphatic carbocycles. The van der Waals surface area contributed by atoms with Crippen molar-refractivity contribution in [3.8, 4) is 16.9 Å². The van der Waals surface area contributed by atoms with E-state index in [1.54, 1.807) is 24.5 Å². The SMILES string of the molecule is Cc1cncc(-c2ccc(O)c(Cl)c2)c1. The molecular weight excluding hydrogens is 210 g/mol. The van der Waals surface area contributed by atoms with E-state index in [0.29, 0.717) is 5.02 Å². The highest BCUT2D eigenvalue weighted by Gasteiger charge is 2.02. The third-order valence-electron chi connectivity index (χ3n) is 2.16. The van der Waals surface area contributed by atoms with Crippen molar-refractivity contribution < 1.29 is 5.11 Å². The number of hydrogen-bond acceptors (Lipinski definition) is 2. The Morgan fingerprint density at radius 1 is 1.13 bits per heavy atom. The lowest BCUT2D eigenvalue weighted by atomic mass is 10.1. The third kappa shape index (κ3) is 2.10. The molecule has 0 bridgehead atoms. The maximum Gasteiger partial charge on any atom is 0.134 e. The zero-order chi connectivity index (χ0) is 10.8. The van der Waals surface area contributed by atoms with Crippen molar-refractivity contribution in [3.05, 3.63) is 47.2 Å². The van der Waals surface area contributed by atoms with E-state index in [2.05, 4.69) is 4.98 Å². The molecule has 1 N–H and O–H groups in total. The lowest BCUT2D eigenvalue weighted by molar-refractivity contribution is 0.475. The molecule has 0 aliphatic heterocycles. The van der Waals surface area contributed by atoms with Gasteiger partial charge >= 0.3 is 0 Å². The molecule has 0 saturated heterocycles. The van der Waals surface area contributed by atoms with E-state index in [0.717, 1.165) is 16.7 Å². The molecule has 0 spiro atoms. The lowest BCUT2D eigenvalue weighted by Gasteiger charge is -2.03. The molecule has 1 heterocycles. The Balaban J connectivity index is 2.50. The van der Waals surface area contributed by atoms with Gasteiger partial charge < -0.3 is 5.11 Å². The van der Waals surface area contributed by atoms with Crippen LogP contribution in [-0.4, -0.2) is 10.1 Å². The van der Waals surface area contributed by atoms with Gasteiger partial charge in [-0.3, -0.25) is 4.98 Å². The molecule has 2 aromatic rings. The maximum atomic E-state index is 9.30. The summed E-state index contributed by atoms with van der Waals surface area (Å²) in [5, 5.41) is 9.65. The van der Waals surface area contributed by atoms with E-state index in [1.165, 1.54) is 0 Å². The van der Waals surface area contributed by atoms with E-state index in [-0.39, 0.29) is 5.75 Å². The fraction of sp³-hybridized carbons (Fsp3) is 0.0833. The minimum Gasteiger partial charge on any atom is -0.506 e. The van der Waals surface area contributed by atoms with Crippen LogP contribution in [0.15, 0.2) is 36.7 Å². The molecule has 3 heteroatoms.